The number of hydrogen-bond donors (Lipinski definition) is 0. The molecule has 0 spiro atoms. The Morgan fingerprint density at radius 2 is 1.60 bits per heavy atom. The zero-order chi connectivity index (χ0) is 11.4. The lowest BCUT2D eigenvalue weighted by Gasteiger charge is -2.12. The van der Waals surface area contributed by atoms with Crippen molar-refractivity contribution in [1.29, 1.82) is 0 Å². The summed E-state index contributed by atoms with van der Waals surface area (Å²) in [5.41, 5.74) is 1.84. The Balaban J connectivity index is 2.80. The fraction of sp³-hybridized carbons (Fsp3) is 0.500. The molecule has 0 aliphatic heterocycles. The van der Waals surface area contributed by atoms with Gasteiger partial charge in [-0.25, -0.2) is 8.78 Å². The summed E-state index contributed by atoms with van der Waals surface area (Å²) in [6.07, 6.45) is -1.30. The van der Waals surface area contributed by atoms with Gasteiger partial charge in [0.15, 0.2) is 0 Å². The van der Waals surface area contributed by atoms with Crippen LogP contribution in [0.4, 0.5) is 8.78 Å². The zero-order valence-corrected chi connectivity index (χ0v) is 10.5. The molecule has 0 amide bonds. The number of benzene rings is 1. The summed E-state index contributed by atoms with van der Waals surface area (Å²) in [6.45, 7) is 4.25. The van der Waals surface area contributed by atoms with Gasteiger partial charge in [-0.05, 0) is 23.5 Å². The van der Waals surface area contributed by atoms with E-state index in [0.29, 0.717) is 11.5 Å². The maximum atomic E-state index is 12.4. The van der Waals surface area contributed by atoms with Gasteiger partial charge < -0.3 is 0 Å². The van der Waals surface area contributed by atoms with E-state index in [1.54, 1.807) is 12.1 Å². The predicted octanol–water partition coefficient (Wildman–Crippen LogP) is 4.90. The molecular formula is C12H15BrF2. The second-order valence-corrected chi connectivity index (χ2v) is 4.70. The lowest BCUT2D eigenvalue weighted by molar-refractivity contribution is 0.147. The van der Waals surface area contributed by atoms with Crippen LogP contribution in [0.3, 0.4) is 0 Å². The molecule has 0 heterocycles. The third-order valence-electron chi connectivity index (χ3n) is 2.66. The number of rotatable bonds is 4. The van der Waals surface area contributed by atoms with Crippen molar-refractivity contribution in [3.05, 3.63) is 35.4 Å². The Kier molecular flexibility index (Phi) is 4.71. The summed E-state index contributed by atoms with van der Waals surface area (Å²) in [5.74, 6) is 0.486. The molecule has 0 saturated carbocycles. The Morgan fingerprint density at radius 3 is 2.00 bits per heavy atom. The first-order valence-electron chi connectivity index (χ1n) is 5.08. The highest BCUT2D eigenvalue weighted by Gasteiger charge is 2.18. The second kappa shape index (κ2) is 5.59. The molecule has 0 nitrogen and oxygen atoms in total. The van der Waals surface area contributed by atoms with Crippen molar-refractivity contribution in [2.45, 2.75) is 37.4 Å². The van der Waals surface area contributed by atoms with Crippen molar-refractivity contribution in [1.82, 2.24) is 0 Å². The molecule has 2 atom stereocenters. The lowest BCUT2D eigenvalue weighted by Crippen LogP contribution is -2.01. The van der Waals surface area contributed by atoms with Gasteiger partial charge in [-0.1, -0.05) is 54.0 Å². The Bertz CT molecular complexity index is 295. The molecule has 0 aromatic heterocycles. The largest absolute Gasteiger partial charge is 0.255 e. The van der Waals surface area contributed by atoms with Crippen LogP contribution in [0.1, 0.15) is 42.1 Å². The van der Waals surface area contributed by atoms with Gasteiger partial charge in [-0.2, -0.15) is 0 Å². The van der Waals surface area contributed by atoms with Crippen LogP contribution in [0.25, 0.3) is 0 Å². The van der Waals surface area contributed by atoms with Crippen molar-refractivity contribution in [3.8, 4) is 0 Å². The van der Waals surface area contributed by atoms with Crippen LogP contribution in [0.2, 0.25) is 0 Å². The minimum Gasteiger partial charge on any atom is -0.209 e. The molecule has 1 aromatic carbocycles. The van der Waals surface area contributed by atoms with Gasteiger partial charge in [0.25, 0.3) is 6.43 Å². The van der Waals surface area contributed by atoms with E-state index in [4.69, 9.17) is 0 Å². The van der Waals surface area contributed by atoms with Crippen molar-refractivity contribution in [3.63, 3.8) is 0 Å². The summed E-state index contributed by atoms with van der Waals surface area (Å²) >= 11 is 2.98. The summed E-state index contributed by atoms with van der Waals surface area (Å²) < 4.78 is 24.8. The highest BCUT2D eigenvalue weighted by atomic mass is 79.9. The van der Waals surface area contributed by atoms with Crippen molar-refractivity contribution >= 4 is 15.9 Å². The second-order valence-electron chi connectivity index (χ2n) is 3.71. The Hall–Kier alpha value is -0.440. The van der Waals surface area contributed by atoms with E-state index in [1.807, 2.05) is 12.1 Å². The smallest absolute Gasteiger partial charge is 0.209 e. The zero-order valence-electron chi connectivity index (χ0n) is 8.88. The first kappa shape index (κ1) is 12.6. The predicted molar refractivity (Wildman–Crippen MR) is 62.8 cm³/mol. The van der Waals surface area contributed by atoms with E-state index in [9.17, 15) is 8.78 Å². The monoisotopic (exact) mass is 276 g/mol. The van der Waals surface area contributed by atoms with Crippen LogP contribution < -0.4 is 0 Å². The molecule has 0 radical (unpaired) electrons. The van der Waals surface area contributed by atoms with Gasteiger partial charge in [0.1, 0.15) is 4.83 Å². The van der Waals surface area contributed by atoms with Crippen LogP contribution in [0.5, 0.6) is 0 Å². The van der Waals surface area contributed by atoms with E-state index in [2.05, 4.69) is 29.8 Å². The van der Waals surface area contributed by atoms with Crippen LogP contribution in [-0.2, 0) is 0 Å². The molecule has 0 aliphatic rings. The maximum absolute atomic E-state index is 12.4. The minimum absolute atomic E-state index is 0.486. The first-order chi connectivity index (χ1) is 7.06. The van der Waals surface area contributed by atoms with E-state index in [-0.39, 0.29) is 0 Å². The summed E-state index contributed by atoms with van der Waals surface area (Å²) in [5, 5.41) is 0. The van der Waals surface area contributed by atoms with Gasteiger partial charge in [0, 0.05) is 0 Å². The van der Waals surface area contributed by atoms with Gasteiger partial charge in [0.2, 0.25) is 0 Å². The molecule has 2 unspecified atom stereocenters. The Labute approximate surface area is 97.8 Å². The number of alkyl halides is 3. The van der Waals surface area contributed by atoms with Crippen LogP contribution in [0.15, 0.2) is 24.3 Å². The van der Waals surface area contributed by atoms with Crippen molar-refractivity contribution < 1.29 is 8.78 Å². The van der Waals surface area contributed by atoms with E-state index in [1.165, 1.54) is 5.56 Å². The number of hydrogen-bond acceptors (Lipinski definition) is 0. The third kappa shape index (κ3) is 3.26. The van der Waals surface area contributed by atoms with Crippen molar-refractivity contribution in [2.24, 2.45) is 0 Å². The van der Waals surface area contributed by atoms with E-state index >= 15 is 0 Å². The fourth-order valence-electron chi connectivity index (χ4n) is 1.39. The Morgan fingerprint density at radius 1 is 1.13 bits per heavy atom. The fourth-order valence-corrected chi connectivity index (χ4v) is 1.69. The van der Waals surface area contributed by atoms with E-state index in [0.717, 1.165) is 6.42 Å². The molecule has 1 aromatic rings. The molecule has 0 N–H and O–H groups in total. The van der Waals surface area contributed by atoms with Gasteiger partial charge >= 0.3 is 0 Å². The molecule has 3 heteroatoms. The molecule has 0 saturated heterocycles. The first-order valence-corrected chi connectivity index (χ1v) is 6.00. The normalized spacial score (nSPS) is 15.3. The summed E-state index contributed by atoms with van der Waals surface area (Å²) in [6, 6.07) is 7.40. The molecule has 0 aliphatic carbocycles. The van der Waals surface area contributed by atoms with Gasteiger partial charge in [0.05, 0.1) is 0 Å². The highest BCUT2D eigenvalue weighted by molar-refractivity contribution is 9.09. The molecule has 0 fully saturated rings. The topological polar surface area (TPSA) is 0 Å². The quantitative estimate of drug-likeness (QED) is 0.686. The molecule has 15 heavy (non-hydrogen) atoms. The highest BCUT2D eigenvalue weighted by Crippen LogP contribution is 2.30. The SMILES string of the molecule is CCC(C)c1ccc(C(Br)C(F)F)cc1. The van der Waals surface area contributed by atoms with Gasteiger partial charge in [-0.15, -0.1) is 0 Å². The van der Waals surface area contributed by atoms with Crippen LogP contribution >= 0.6 is 15.9 Å². The third-order valence-corrected chi connectivity index (χ3v) is 3.59. The van der Waals surface area contributed by atoms with Crippen molar-refractivity contribution in [2.75, 3.05) is 0 Å². The summed E-state index contributed by atoms with van der Waals surface area (Å²) in [4.78, 5) is -0.858. The molecule has 84 valence electrons. The molecule has 0 bridgehead atoms. The molecule has 1 rings (SSSR count). The van der Waals surface area contributed by atoms with Crippen LogP contribution in [-0.4, -0.2) is 6.43 Å². The maximum Gasteiger partial charge on any atom is 0.255 e. The lowest BCUT2D eigenvalue weighted by atomic mass is 9.97. The number of halogens is 3. The minimum atomic E-state index is -2.36. The average molecular weight is 277 g/mol. The summed E-state index contributed by atoms with van der Waals surface area (Å²) in [7, 11) is 0. The van der Waals surface area contributed by atoms with Gasteiger partial charge in [-0.3, -0.25) is 0 Å². The molecular weight excluding hydrogens is 262 g/mol. The van der Waals surface area contributed by atoms with E-state index < -0.39 is 11.3 Å². The van der Waals surface area contributed by atoms with Crippen LogP contribution in [0, 0.1) is 0 Å². The average Bonchev–Trinajstić information content (AvgIpc) is 2.27. The standard InChI is InChI=1S/C12H15BrF2/c1-3-8(2)9-4-6-10(7-5-9)11(13)12(14)15/h4-8,11-12H,3H2,1-2H3.